The molecular formula is C18H17ClN4O. The van der Waals surface area contributed by atoms with Crippen LogP contribution in [-0.4, -0.2) is 20.7 Å². The molecule has 3 aromatic rings. The van der Waals surface area contributed by atoms with Crippen molar-refractivity contribution in [1.29, 1.82) is 0 Å². The van der Waals surface area contributed by atoms with Crippen LogP contribution in [0.5, 0.6) is 0 Å². The molecule has 0 spiro atoms. The molecular weight excluding hydrogens is 324 g/mol. The van der Waals surface area contributed by atoms with Crippen LogP contribution >= 0.6 is 11.6 Å². The molecule has 1 amide bonds. The summed E-state index contributed by atoms with van der Waals surface area (Å²) < 4.78 is 1.70. The Hall–Kier alpha value is -2.66. The summed E-state index contributed by atoms with van der Waals surface area (Å²) in [5.74, 6) is 0.234. The number of hydrogen-bond donors (Lipinski definition) is 1. The van der Waals surface area contributed by atoms with Crippen molar-refractivity contribution < 1.29 is 4.79 Å². The van der Waals surface area contributed by atoms with Crippen LogP contribution in [0.1, 0.15) is 28.5 Å². The first kappa shape index (κ1) is 16.2. The van der Waals surface area contributed by atoms with E-state index in [1.165, 1.54) is 0 Å². The van der Waals surface area contributed by atoms with Gasteiger partial charge in [0.25, 0.3) is 5.91 Å². The molecule has 0 atom stereocenters. The number of benzene rings is 1. The predicted octanol–water partition coefficient (Wildman–Crippen LogP) is 3.79. The Morgan fingerprint density at radius 1 is 1.21 bits per heavy atom. The van der Waals surface area contributed by atoms with E-state index < -0.39 is 0 Å². The Kier molecular flexibility index (Phi) is 4.91. The van der Waals surface area contributed by atoms with Gasteiger partial charge in [0.05, 0.1) is 0 Å². The van der Waals surface area contributed by atoms with Gasteiger partial charge < -0.3 is 5.32 Å². The van der Waals surface area contributed by atoms with E-state index in [0.29, 0.717) is 11.5 Å². The number of aromatic nitrogens is 3. The van der Waals surface area contributed by atoms with E-state index in [2.05, 4.69) is 15.4 Å². The van der Waals surface area contributed by atoms with Gasteiger partial charge in [-0.1, -0.05) is 29.8 Å². The summed E-state index contributed by atoms with van der Waals surface area (Å²) in [6, 6.07) is 13.1. The summed E-state index contributed by atoms with van der Waals surface area (Å²) in [6.07, 6.45) is 4.26. The molecule has 2 aromatic heterocycles. The maximum atomic E-state index is 12.1. The number of rotatable bonds is 5. The molecule has 2 heterocycles. The molecule has 0 saturated heterocycles. The Morgan fingerprint density at radius 2 is 2.08 bits per heavy atom. The molecule has 0 aliphatic heterocycles. The Bertz CT molecular complexity index is 842. The number of halogens is 1. The standard InChI is InChI=1S/C18H17ClN4O/c1-2-23-9-8-16(22-23)18(24)21-17-7-6-14(12-20-17)10-13-4-3-5-15(19)11-13/h3-9,11-12H,2,10H2,1H3,(H,20,21,24). The minimum atomic E-state index is -0.266. The van der Waals surface area contributed by atoms with Crippen molar-refractivity contribution in [3.8, 4) is 0 Å². The van der Waals surface area contributed by atoms with Crippen LogP contribution in [0.2, 0.25) is 5.02 Å². The van der Waals surface area contributed by atoms with Crippen LogP contribution in [0.25, 0.3) is 0 Å². The number of hydrogen-bond acceptors (Lipinski definition) is 3. The number of anilines is 1. The van der Waals surface area contributed by atoms with Gasteiger partial charge in [0, 0.05) is 24.0 Å². The molecule has 0 saturated carbocycles. The molecule has 0 aliphatic rings. The van der Waals surface area contributed by atoms with Gasteiger partial charge in [0.1, 0.15) is 5.82 Å². The highest BCUT2D eigenvalue weighted by atomic mass is 35.5. The quantitative estimate of drug-likeness (QED) is 0.768. The SMILES string of the molecule is CCn1ccc(C(=O)Nc2ccc(Cc3cccc(Cl)c3)cn2)n1. The van der Waals surface area contributed by atoms with Gasteiger partial charge >= 0.3 is 0 Å². The van der Waals surface area contributed by atoms with Gasteiger partial charge in [0.15, 0.2) is 5.69 Å². The van der Waals surface area contributed by atoms with E-state index in [4.69, 9.17) is 11.6 Å². The highest BCUT2D eigenvalue weighted by Crippen LogP contribution is 2.15. The summed E-state index contributed by atoms with van der Waals surface area (Å²) >= 11 is 5.99. The number of pyridine rings is 1. The fourth-order valence-electron chi connectivity index (χ4n) is 2.32. The van der Waals surface area contributed by atoms with Crippen LogP contribution in [0, 0.1) is 0 Å². The van der Waals surface area contributed by atoms with E-state index in [1.807, 2.05) is 37.3 Å². The molecule has 122 valence electrons. The Morgan fingerprint density at radius 3 is 2.75 bits per heavy atom. The van der Waals surface area contributed by atoms with Crippen molar-refractivity contribution in [3.05, 3.63) is 76.7 Å². The van der Waals surface area contributed by atoms with E-state index in [0.717, 1.165) is 29.1 Å². The molecule has 1 aromatic carbocycles. The monoisotopic (exact) mass is 340 g/mol. The van der Waals surface area contributed by atoms with Gasteiger partial charge in [-0.3, -0.25) is 9.48 Å². The van der Waals surface area contributed by atoms with Gasteiger partial charge in [-0.2, -0.15) is 5.10 Å². The molecule has 0 bridgehead atoms. The third kappa shape index (κ3) is 4.00. The highest BCUT2D eigenvalue weighted by molar-refractivity contribution is 6.30. The van der Waals surface area contributed by atoms with Crippen molar-refractivity contribution in [1.82, 2.24) is 14.8 Å². The average molecular weight is 341 g/mol. The number of aryl methyl sites for hydroxylation is 1. The number of carbonyl (C=O) groups is 1. The minimum Gasteiger partial charge on any atom is -0.305 e. The van der Waals surface area contributed by atoms with E-state index >= 15 is 0 Å². The maximum Gasteiger partial charge on any atom is 0.277 e. The van der Waals surface area contributed by atoms with E-state index in [1.54, 1.807) is 29.2 Å². The van der Waals surface area contributed by atoms with Crippen LogP contribution < -0.4 is 5.32 Å². The Balaban J connectivity index is 1.65. The average Bonchev–Trinajstić information content (AvgIpc) is 3.06. The number of amides is 1. The fourth-order valence-corrected chi connectivity index (χ4v) is 2.54. The number of nitrogens with one attached hydrogen (secondary N) is 1. The first-order chi connectivity index (χ1) is 11.6. The first-order valence-electron chi connectivity index (χ1n) is 7.68. The molecule has 0 unspecified atom stereocenters. The molecule has 24 heavy (non-hydrogen) atoms. The van der Waals surface area contributed by atoms with E-state index in [9.17, 15) is 4.79 Å². The maximum absolute atomic E-state index is 12.1. The summed E-state index contributed by atoms with van der Waals surface area (Å²) in [5, 5.41) is 7.64. The molecule has 5 nitrogen and oxygen atoms in total. The predicted molar refractivity (Wildman–Crippen MR) is 94.3 cm³/mol. The second-order valence-corrected chi connectivity index (χ2v) is 5.81. The third-order valence-corrected chi connectivity index (χ3v) is 3.80. The van der Waals surface area contributed by atoms with Crippen molar-refractivity contribution in [2.75, 3.05) is 5.32 Å². The van der Waals surface area contributed by atoms with Gasteiger partial charge in [-0.25, -0.2) is 4.98 Å². The van der Waals surface area contributed by atoms with Gasteiger partial charge in [-0.15, -0.1) is 0 Å². The molecule has 6 heteroatoms. The van der Waals surface area contributed by atoms with Gasteiger partial charge in [-0.05, 0) is 48.7 Å². The minimum absolute atomic E-state index is 0.266. The van der Waals surface area contributed by atoms with Crippen molar-refractivity contribution in [2.24, 2.45) is 0 Å². The number of nitrogens with zero attached hydrogens (tertiary/aromatic N) is 3. The van der Waals surface area contributed by atoms with Crippen molar-refractivity contribution in [2.45, 2.75) is 19.9 Å². The third-order valence-electron chi connectivity index (χ3n) is 3.56. The lowest BCUT2D eigenvalue weighted by atomic mass is 10.1. The van der Waals surface area contributed by atoms with E-state index in [-0.39, 0.29) is 5.91 Å². The molecule has 0 fully saturated rings. The molecule has 0 radical (unpaired) electrons. The van der Waals surface area contributed by atoms with Crippen LogP contribution in [0.4, 0.5) is 5.82 Å². The molecule has 3 rings (SSSR count). The van der Waals surface area contributed by atoms with Crippen LogP contribution in [0.3, 0.4) is 0 Å². The van der Waals surface area contributed by atoms with Gasteiger partial charge in [0.2, 0.25) is 0 Å². The zero-order valence-electron chi connectivity index (χ0n) is 13.2. The second-order valence-electron chi connectivity index (χ2n) is 5.37. The largest absolute Gasteiger partial charge is 0.305 e. The number of carbonyl (C=O) groups excluding carboxylic acids is 1. The highest BCUT2D eigenvalue weighted by Gasteiger charge is 2.10. The first-order valence-corrected chi connectivity index (χ1v) is 8.06. The lowest BCUT2D eigenvalue weighted by Crippen LogP contribution is -2.14. The molecule has 1 N–H and O–H groups in total. The van der Waals surface area contributed by atoms with Crippen LogP contribution in [0.15, 0.2) is 54.9 Å². The fraction of sp³-hybridized carbons (Fsp3) is 0.167. The topological polar surface area (TPSA) is 59.8 Å². The summed E-state index contributed by atoms with van der Waals surface area (Å²) in [6.45, 7) is 2.69. The van der Waals surface area contributed by atoms with Crippen LogP contribution in [-0.2, 0) is 13.0 Å². The summed E-state index contributed by atoms with van der Waals surface area (Å²) in [4.78, 5) is 16.4. The van der Waals surface area contributed by atoms with Crippen molar-refractivity contribution in [3.63, 3.8) is 0 Å². The normalized spacial score (nSPS) is 10.6. The van der Waals surface area contributed by atoms with Crippen molar-refractivity contribution >= 4 is 23.3 Å². The zero-order chi connectivity index (χ0) is 16.9. The Labute approximate surface area is 145 Å². The zero-order valence-corrected chi connectivity index (χ0v) is 14.0. The molecule has 0 aliphatic carbocycles. The second kappa shape index (κ2) is 7.27. The summed E-state index contributed by atoms with van der Waals surface area (Å²) in [7, 11) is 0. The smallest absolute Gasteiger partial charge is 0.277 e. The summed E-state index contributed by atoms with van der Waals surface area (Å²) in [5.41, 5.74) is 2.54. The lowest BCUT2D eigenvalue weighted by molar-refractivity contribution is 0.102. The lowest BCUT2D eigenvalue weighted by Gasteiger charge is -2.05.